The van der Waals surface area contributed by atoms with Crippen LogP contribution in [0.4, 0.5) is 10.5 Å². The van der Waals surface area contributed by atoms with Crippen molar-refractivity contribution in [2.75, 3.05) is 19.5 Å². The van der Waals surface area contributed by atoms with E-state index in [9.17, 15) is 14.4 Å². The van der Waals surface area contributed by atoms with Gasteiger partial charge in [0.1, 0.15) is 23.4 Å². The Bertz CT molecular complexity index is 1110. The van der Waals surface area contributed by atoms with E-state index < -0.39 is 35.6 Å². The lowest BCUT2D eigenvalue weighted by molar-refractivity contribution is -0.140. The average molecular weight is 494 g/mol. The zero-order chi connectivity index (χ0) is 27.0. The highest BCUT2D eigenvalue weighted by Crippen LogP contribution is 2.27. The Morgan fingerprint density at radius 3 is 2.17 bits per heavy atom. The van der Waals surface area contributed by atoms with Gasteiger partial charge in [-0.1, -0.05) is 38.0 Å². The van der Waals surface area contributed by atoms with E-state index in [4.69, 9.17) is 15.9 Å². The Labute approximate surface area is 213 Å². The molecule has 0 aliphatic rings. The number of rotatable bonds is 8. The number of alkyl carbamates (subject to hydrolysis) is 1. The van der Waals surface area contributed by atoms with Gasteiger partial charge in [-0.15, -0.1) is 6.42 Å². The molecule has 2 aromatic rings. The molecule has 0 spiro atoms. The van der Waals surface area contributed by atoms with Gasteiger partial charge in [0.05, 0.1) is 7.11 Å². The Morgan fingerprint density at radius 2 is 1.64 bits per heavy atom. The molecule has 0 heterocycles. The maximum absolute atomic E-state index is 13.6. The summed E-state index contributed by atoms with van der Waals surface area (Å²) in [7, 11) is 3.07. The third-order valence-electron chi connectivity index (χ3n) is 5.36. The summed E-state index contributed by atoms with van der Waals surface area (Å²) in [4.78, 5) is 41.0. The second-order valence-electron chi connectivity index (χ2n) is 9.67. The van der Waals surface area contributed by atoms with E-state index in [1.54, 1.807) is 90.3 Å². The van der Waals surface area contributed by atoms with Crippen LogP contribution in [0.2, 0.25) is 0 Å². The SMILES string of the molecule is C#Cc1ccccc1C(C(=O)Nc1ccc(OC)cc1)N(C)C(=O)C(NC(=O)OC(C)(C)C)C(C)C. The summed E-state index contributed by atoms with van der Waals surface area (Å²) < 4.78 is 10.5. The maximum atomic E-state index is 13.6. The predicted octanol–water partition coefficient (Wildman–Crippen LogP) is 4.36. The molecule has 3 amide bonds. The van der Waals surface area contributed by atoms with Crippen LogP contribution >= 0.6 is 0 Å². The number of hydrogen-bond donors (Lipinski definition) is 2. The monoisotopic (exact) mass is 493 g/mol. The van der Waals surface area contributed by atoms with E-state index in [0.29, 0.717) is 22.6 Å². The number of nitrogens with zero attached hydrogens (tertiary/aromatic N) is 1. The summed E-state index contributed by atoms with van der Waals surface area (Å²) in [5.41, 5.74) is 0.764. The van der Waals surface area contributed by atoms with E-state index in [-0.39, 0.29) is 5.92 Å². The van der Waals surface area contributed by atoms with Crippen LogP contribution < -0.4 is 15.4 Å². The molecule has 36 heavy (non-hydrogen) atoms. The van der Waals surface area contributed by atoms with Gasteiger partial charge in [-0.2, -0.15) is 0 Å². The third-order valence-corrected chi connectivity index (χ3v) is 5.36. The Kier molecular flexibility index (Phi) is 9.51. The van der Waals surface area contributed by atoms with Crippen molar-refractivity contribution in [3.05, 3.63) is 59.7 Å². The van der Waals surface area contributed by atoms with Gasteiger partial charge in [0, 0.05) is 18.3 Å². The van der Waals surface area contributed by atoms with Crippen molar-refractivity contribution in [1.82, 2.24) is 10.2 Å². The number of hydrogen-bond acceptors (Lipinski definition) is 5. The van der Waals surface area contributed by atoms with Gasteiger partial charge in [-0.25, -0.2) is 4.79 Å². The molecule has 192 valence electrons. The molecular weight excluding hydrogens is 458 g/mol. The maximum Gasteiger partial charge on any atom is 0.408 e. The fourth-order valence-corrected chi connectivity index (χ4v) is 3.57. The van der Waals surface area contributed by atoms with Gasteiger partial charge in [0.25, 0.3) is 5.91 Å². The molecule has 0 aliphatic carbocycles. The summed E-state index contributed by atoms with van der Waals surface area (Å²) >= 11 is 0. The van der Waals surface area contributed by atoms with E-state index in [1.807, 2.05) is 0 Å². The number of ether oxygens (including phenoxy) is 2. The summed E-state index contributed by atoms with van der Waals surface area (Å²) in [5, 5.41) is 5.50. The number of likely N-dealkylation sites (N-methyl/N-ethyl adjacent to an activating group) is 1. The van der Waals surface area contributed by atoms with Crippen LogP contribution in [0.25, 0.3) is 0 Å². The quantitative estimate of drug-likeness (QED) is 0.533. The molecule has 0 bridgehead atoms. The molecule has 0 fully saturated rings. The summed E-state index contributed by atoms with van der Waals surface area (Å²) in [6.45, 7) is 8.81. The van der Waals surface area contributed by atoms with Crippen LogP contribution in [-0.2, 0) is 14.3 Å². The molecule has 0 radical (unpaired) electrons. The highest BCUT2D eigenvalue weighted by Gasteiger charge is 2.36. The fourth-order valence-electron chi connectivity index (χ4n) is 3.57. The zero-order valence-corrected chi connectivity index (χ0v) is 21.9. The minimum Gasteiger partial charge on any atom is -0.497 e. The predicted molar refractivity (Wildman–Crippen MR) is 140 cm³/mol. The second kappa shape index (κ2) is 12.1. The third kappa shape index (κ3) is 7.51. The first kappa shape index (κ1) is 28.2. The average Bonchev–Trinajstić information content (AvgIpc) is 2.81. The van der Waals surface area contributed by atoms with Crippen molar-refractivity contribution < 1.29 is 23.9 Å². The Balaban J connectivity index is 2.42. The molecule has 8 heteroatoms. The van der Waals surface area contributed by atoms with Crippen molar-refractivity contribution in [2.45, 2.75) is 52.3 Å². The van der Waals surface area contributed by atoms with Crippen molar-refractivity contribution in [3.63, 3.8) is 0 Å². The highest BCUT2D eigenvalue weighted by molar-refractivity contribution is 5.99. The molecule has 0 saturated carbocycles. The molecule has 2 unspecified atom stereocenters. The van der Waals surface area contributed by atoms with Crippen molar-refractivity contribution >= 4 is 23.6 Å². The first-order valence-electron chi connectivity index (χ1n) is 11.6. The molecule has 2 rings (SSSR count). The van der Waals surface area contributed by atoms with Crippen molar-refractivity contribution in [2.24, 2.45) is 5.92 Å². The van der Waals surface area contributed by atoms with Crippen LogP contribution in [0.15, 0.2) is 48.5 Å². The molecule has 2 aromatic carbocycles. The lowest BCUT2D eigenvalue weighted by Gasteiger charge is -2.33. The molecule has 8 nitrogen and oxygen atoms in total. The van der Waals surface area contributed by atoms with E-state index >= 15 is 0 Å². The zero-order valence-electron chi connectivity index (χ0n) is 21.9. The number of nitrogens with one attached hydrogen (secondary N) is 2. The molecular formula is C28H35N3O5. The van der Waals surface area contributed by atoms with Gasteiger partial charge in [-0.3, -0.25) is 9.59 Å². The summed E-state index contributed by atoms with van der Waals surface area (Å²) in [6.07, 6.45) is 4.99. The van der Waals surface area contributed by atoms with Gasteiger partial charge in [0.15, 0.2) is 0 Å². The van der Waals surface area contributed by atoms with Gasteiger partial charge < -0.3 is 25.0 Å². The molecule has 0 saturated heterocycles. The molecule has 0 aromatic heterocycles. The van der Waals surface area contributed by atoms with Crippen LogP contribution in [0.3, 0.4) is 0 Å². The van der Waals surface area contributed by atoms with Crippen molar-refractivity contribution in [3.8, 4) is 18.1 Å². The first-order chi connectivity index (χ1) is 16.9. The number of amides is 3. The lowest BCUT2D eigenvalue weighted by Crippen LogP contribution is -2.53. The van der Waals surface area contributed by atoms with Gasteiger partial charge in [-0.05, 0) is 62.6 Å². The van der Waals surface area contributed by atoms with Crippen molar-refractivity contribution in [1.29, 1.82) is 0 Å². The summed E-state index contributed by atoms with van der Waals surface area (Å²) in [5.74, 6) is 2.03. The number of terminal acetylenes is 1. The number of anilines is 1. The van der Waals surface area contributed by atoms with Crippen LogP contribution in [0, 0.1) is 18.3 Å². The number of benzene rings is 2. The largest absolute Gasteiger partial charge is 0.497 e. The van der Waals surface area contributed by atoms with E-state index in [1.165, 1.54) is 11.9 Å². The normalized spacial score (nSPS) is 12.6. The van der Waals surface area contributed by atoms with Gasteiger partial charge in [0.2, 0.25) is 5.91 Å². The molecule has 0 aliphatic heterocycles. The Hall–Kier alpha value is -3.99. The number of methoxy groups -OCH3 is 1. The minimum absolute atomic E-state index is 0.277. The van der Waals surface area contributed by atoms with Crippen LogP contribution in [0.1, 0.15) is 51.8 Å². The smallest absolute Gasteiger partial charge is 0.408 e. The van der Waals surface area contributed by atoms with Gasteiger partial charge >= 0.3 is 6.09 Å². The first-order valence-corrected chi connectivity index (χ1v) is 11.6. The standard InChI is InChI=1S/C28H35N3O5/c1-9-19-12-10-11-13-22(19)24(25(32)29-20-14-16-21(35-8)17-15-20)31(7)26(33)23(18(2)3)30-27(34)36-28(4,5)6/h1,10-18,23-24H,2-8H3,(H,29,32)(H,30,34). The van der Waals surface area contributed by atoms with E-state index in [0.717, 1.165) is 0 Å². The van der Waals surface area contributed by atoms with Crippen LogP contribution in [-0.4, -0.2) is 48.6 Å². The Morgan fingerprint density at radius 1 is 1.03 bits per heavy atom. The minimum atomic E-state index is -1.06. The highest BCUT2D eigenvalue weighted by atomic mass is 16.6. The lowest BCUT2D eigenvalue weighted by atomic mass is 9.96. The number of carbonyl (C=O) groups is 3. The summed E-state index contributed by atoms with van der Waals surface area (Å²) in [6, 6.07) is 11.8. The molecule has 2 atom stereocenters. The fraction of sp³-hybridized carbons (Fsp3) is 0.393. The second-order valence-corrected chi connectivity index (χ2v) is 9.67. The molecule has 2 N–H and O–H groups in total. The van der Waals surface area contributed by atoms with Crippen LogP contribution in [0.5, 0.6) is 5.75 Å². The number of carbonyl (C=O) groups excluding carboxylic acids is 3. The van der Waals surface area contributed by atoms with E-state index in [2.05, 4.69) is 16.6 Å². The topological polar surface area (TPSA) is 97.0 Å².